The Morgan fingerprint density at radius 1 is 1.11 bits per heavy atom. The van der Waals surface area contributed by atoms with Gasteiger partial charge in [0.1, 0.15) is 12.4 Å². The second-order valence-corrected chi connectivity index (χ2v) is 7.12. The van der Waals surface area contributed by atoms with E-state index < -0.39 is 0 Å². The third-order valence-corrected chi connectivity index (χ3v) is 4.55. The van der Waals surface area contributed by atoms with E-state index in [0.717, 1.165) is 14.7 Å². The monoisotopic (exact) mass is 481 g/mol. The van der Waals surface area contributed by atoms with Crippen LogP contribution in [0.3, 0.4) is 0 Å². The van der Waals surface area contributed by atoms with Crippen LogP contribution in [0.25, 0.3) is 0 Å². The molecule has 138 valence electrons. The molecule has 5 nitrogen and oxygen atoms in total. The van der Waals surface area contributed by atoms with Gasteiger partial charge in [-0.15, -0.1) is 0 Å². The van der Waals surface area contributed by atoms with Crippen LogP contribution in [0.2, 0.25) is 0 Å². The van der Waals surface area contributed by atoms with Gasteiger partial charge in [0.2, 0.25) is 0 Å². The molecule has 3 rings (SSSR count). The summed E-state index contributed by atoms with van der Waals surface area (Å²) < 4.78 is 6.85. The number of hydrogen-bond donors (Lipinski definition) is 1. The largest absolute Gasteiger partial charge is 0.489 e. The van der Waals surface area contributed by atoms with Crippen molar-refractivity contribution in [3.63, 3.8) is 0 Å². The number of carbonyl (C=O) groups is 1. The number of nitrogens with zero attached hydrogens (tertiary/aromatic N) is 2. The van der Waals surface area contributed by atoms with Crippen LogP contribution in [0, 0.1) is 14.9 Å². The van der Waals surface area contributed by atoms with E-state index in [2.05, 4.69) is 39.2 Å². The molecular formula is C22H16IN3O2. The number of nitrogens with one attached hydrogen (secondary N) is 1. The molecule has 0 aliphatic rings. The highest BCUT2D eigenvalue weighted by Crippen LogP contribution is 2.15. The van der Waals surface area contributed by atoms with Crippen molar-refractivity contribution < 1.29 is 9.53 Å². The highest BCUT2D eigenvalue weighted by atomic mass is 127. The Labute approximate surface area is 176 Å². The van der Waals surface area contributed by atoms with Gasteiger partial charge >= 0.3 is 0 Å². The number of amides is 1. The van der Waals surface area contributed by atoms with Crippen molar-refractivity contribution in [2.45, 2.75) is 6.61 Å². The fraction of sp³-hybridized carbons (Fsp3) is 0.0455. The van der Waals surface area contributed by atoms with Gasteiger partial charge in [-0.1, -0.05) is 24.3 Å². The third kappa shape index (κ3) is 5.66. The van der Waals surface area contributed by atoms with Crippen molar-refractivity contribution in [2.24, 2.45) is 5.10 Å². The van der Waals surface area contributed by atoms with E-state index in [9.17, 15) is 4.79 Å². The molecule has 0 radical (unpaired) electrons. The fourth-order valence-corrected chi connectivity index (χ4v) is 2.72. The molecule has 0 spiro atoms. The van der Waals surface area contributed by atoms with Crippen LogP contribution < -0.4 is 10.2 Å². The molecular weight excluding hydrogens is 465 g/mol. The minimum Gasteiger partial charge on any atom is -0.489 e. The molecule has 0 aliphatic carbocycles. The zero-order valence-electron chi connectivity index (χ0n) is 14.8. The van der Waals surface area contributed by atoms with Crippen LogP contribution in [0.1, 0.15) is 27.0 Å². The van der Waals surface area contributed by atoms with Gasteiger partial charge in [0, 0.05) is 9.13 Å². The quantitative estimate of drug-likeness (QED) is 0.320. The van der Waals surface area contributed by atoms with Crippen molar-refractivity contribution in [1.82, 2.24) is 5.43 Å². The number of carbonyl (C=O) groups excluding carboxylic acids is 1. The predicted octanol–water partition coefficient (Wildman–Crippen LogP) is 4.51. The molecule has 0 unspecified atom stereocenters. The van der Waals surface area contributed by atoms with Crippen molar-refractivity contribution in [3.05, 3.63) is 98.6 Å². The van der Waals surface area contributed by atoms with Gasteiger partial charge in [0.05, 0.1) is 17.8 Å². The summed E-state index contributed by atoms with van der Waals surface area (Å²) in [4.78, 5) is 12.0. The lowest BCUT2D eigenvalue weighted by molar-refractivity contribution is 0.0955. The summed E-state index contributed by atoms with van der Waals surface area (Å²) in [5.41, 5.74) is 5.47. The Bertz CT molecular complexity index is 1020. The molecule has 0 fully saturated rings. The maximum atomic E-state index is 12.0. The lowest BCUT2D eigenvalue weighted by Gasteiger charge is -2.07. The summed E-state index contributed by atoms with van der Waals surface area (Å²) >= 11 is 2.19. The number of hydrogen-bond acceptors (Lipinski definition) is 4. The van der Waals surface area contributed by atoms with Crippen LogP contribution >= 0.6 is 22.6 Å². The summed E-state index contributed by atoms with van der Waals surface area (Å²) in [6.07, 6.45) is 1.57. The van der Waals surface area contributed by atoms with Crippen LogP contribution in [0.4, 0.5) is 0 Å². The van der Waals surface area contributed by atoms with Gasteiger partial charge in [0.25, 0.3) is 5.91 Å². The average Bonchev–Trinajstić information content (AvgIpc) is 2.73. The average molecular weight is 481 g/mol. The molecule has 1 amide bonds. The van der Waals surface area contributed by atoms with E-state index in [1.165, 1.54) is 0 Å². The van der Waals surface area contributed by atoms with Gasteiger partial charge in [-0.3, -0.25) is 4.79 Å². The lowest BCUT2D eigenvalue weighted by Crippen LogP contribution is -2.17. The Balaban J connectivity index is 1.56. The van der Waals surface area contributed by atoms with E-state index in [1.807, 2.05) is 48.5 Å². The summed E-state index contributed by atoms with van der Waals surface area (Å²) in [5, 5.41) is 12.8. The summed E-state index contributed by atoms with van der Waals surface area (Å²) in [6.45, 7) is 0.399. The van der Waals surface area contributed by atoms with E-state index in [4.69, 9.17) is 10.00 Å². The lowest BCUT2D eigenvalue weighted by atomic mass is 10.1. The Kier molecular flexibility index (Phi) is 6.76. The summed E-state index contributed by atoms with van der Waals surface area (Å²) in [5.74, 6) is 0.429. The number of halogens is 1. The zero-order valence-corrected chi connectivity index (χ0v) is 17.0. The van der Waals surface area contributed by atoms with Crippen molar-refractivity contribution in [1.29, 1.82) is 5.26 Å². The maximum absolute atomic E-state index is 12.0. The molecule has 3 aromatic carbocycles. The van der Waals surface area contributed by atoms with Crippen LogP contribution in [-0.2, 0) is 6.61 Å². The topological polar surface area (TPSA) is 74.5 Å². The van der Waals surface area contributed by atoms with Gasteiger partial charge < -0.3 is 4.74 Å². The third-order valence-electron chi connectivity index (χ3n) is 3.83. The second kappa shape index (κ2) is 9.67. The summed E-state index contributed by atoms with van der Waals surface area (Å²) in [6, 6.07) is 24.0. The van der Waals surface area contributed by atoms with Gasteiger partial charge in [-0.25, -0.2) is 5.43 Å². The number of nitriles is 1. The molecule has 1 N–H and O–H groups in total. The van der Waals surface area contributed by atoms with Crippen LogP contribution in [-0.4, -0.2) is 12.1 Å². The first kappa shape index (κ1) is 19.6. The number of rotatable bonds is 6. The fourth-order valence-electron chi connectivity index (χ4n) is 2.36. The minimum absolute atomic E-state index is 0.263. The van der Waals surface area contributed by atoms with Crippen molar-refractivity contribution in [2.75, 3.05) is 0 Å². The second-order valence-electron chi connectivity index (χ2n) is 5.88. The smallest absolute Gasteiger partial charge is 0.271 e. The molecule has 0 bridgehead atoms. The minimum atomic E-state index is -0.263. The Morgan fingerprint density at radius 3 is 2.57 bits per heavy atom. The van der Waals surface area contributed by atoms with Gasteiger partial charge in [0.15, 0.2) is 0 Å². The van der Waals surface area contributed by atoms with Crippen molar-refractivity contribution in [3.8, 4) is 11.8 Å². The first-order valence-corrected chi connectivity index (χ1v) is 9.53. The van der Waals surface area contributed by atoms with E-state index in [-0.39, 0.29) is 5.91 Å². The standard InChI is InChI=1S/C22H16IN3O2/c23-20-10-8-19(9-11-20)22(27)26-25-14-18-2-1-3-21(12-18)28-15-17-6-4-16(13-24)5-7-17/h1-12,14H,15H2,(H,26,27)/b25-14-. The molecule has 6 heteroatoms. The number of ether oxygens (including phenoxy) is 1. The molecule has 0 aliphatic heterocycles. The summed E-state index contributed by atoms with van der Waals surface area (Å²) in [7, 11) is 0. The molecule has 0 heterocycles. The van der Waals surface area contributed by atoms with Gasteiger partial charge in [-0.2, -0.15) is 10.4 Å². The van der Waals surface area contributed by atoms with Crippen LogP contribution in [0.15, 0.2) is 77.9 Å². The van der Waals surface area contributed by atoms with E-state index in [1.54, 1.807) is 30.5 Å². The molecule has 0 aromatic heterocycles. The molecule has 0 saturated carbocycles. The molecule has 28 heavy (non-hydrogen) atoms. The van der Waals surface area contributed by atoms with E-state index in [0.29, 0.717) is 23.5 Å². The molecule has 0 saturated heterocycles. The van der Waals surface area contributed by atoms with Crippen LogP contribution in [0.5, 0.6) is 5.75 Å². The highest BCUT2D eigenvalue weighted by Gasteiger charge is 2.03. The maximum Gasteiger partial charge on any atom is 0.271 e. The van der Waals surface area contributed by atoms with Crippen molar-refractivity contribution >= 4 is 34.7 Å². The predicted molar refractivity (Wildman–Crippen MR) is 116 cm³/mol. The first-order chi connectivity index (χ1) is 13.6. The first-order valence-electron chi connectivity index (χ1n) is 8.45. The Morgan fingerprint density at radius 2 is 1.86 bits per heavy atom. The molecule has 3 aromatic rings. The van der Waals surface area contributed by atoms with E-state index >= 15 is 0 Å². The highest BCUT2D eigenvalue weighted by molar-refractivity contribution is 14.1. The van der Waals surface area contributed by atoms with Gasteiger partial charge in [-0.05, 0) is 82.2 Å². The Hall–Kier alpha value is -3.18. The number of benzene rings is 3. The normalized spacial score (nSPS) is 10.4. The zero-order chi connectivity index (χ0) is 19.8. The molecule has 0 atom stereocenters. The number of hydrazone groups is 1. The SMILES string of the molecule is N#Cc1ccc(COc2cccc(/C=N\NC(=O)c3ccc(I)cc3)c2)cc1.